The zero-order valence-corrected chi connectivity index (χ0v) is 22.4. The van der Waals surface area contributed by atoms with Gasteiger partial charge in [-0.15, -0.1) is 6.58 Å². The summed E-state index contributed by atoms with van der Waals surface area (Å²) in [6, 6.07) is 5.51. The maximum absolute atomic E-state index is 13.9. The molecule has 2 N–H and O–H groups in total. The first kappa shape index (κ1) is 29.9. The van der Waals surface area contributed by atoms with Gasteiger partial charge < -0.3 is 20.3 Å². The van der Waals surface area contributed by atoms with Gasteiger partial charge in [0.25, 0.3) is 0 Å². The summed E-state index contributed by atoms with van der Waals surface area (Å²) in [6.07, 6.45) is 4.32. The van der Waals surface area contributed by atoms with Crippen LogP contribution >= 0.6 is 0 Å². The second-order valence-electron chi connectivity index (χ2n) is 10.1. The predicted octanol–water partition coefficient (Wildman–Crippen LogP) is 5.24. The molecule has 194 valence electrons. The highest BCUT2D eigenvalue weighted by Gasteiger charge is 2.37. The van der Waals surface area contributed by atoms with Gasteiger partial charge in [-0.25, -0.2) is 4.79 Å². The molecule has 0 saturated heterocycles. The monoisotopic (exact) mass is 485 g/mol. The third-order valence-electron chi connectivity index (χ3n) is 5.35. The number of rotatable bonds is 12. The van der Waals surface area contributed by atoms with Gasteiger partial charge in [-0.2, -0.15) is 0 Å². The number of nitrogens with zero attached hydrogens (tertiary/aromatic N) is 1. The van der Waals surface area contributed by atoms with E-state index in [1.54, 1.807) is 32.9 Å². The molecular weight excluding hydrogens is 442 g/mol. The summed E-state index contributed by atoms with van der Waals surface area (Å²) in [5, 5.41) is 5.75. The van der Waals surface area contributed by atoms with Crippen LogP contribution in [0.3, 0.4) is 0 Å². The lowest BCUT2D eigenvalue weighted by atomic mass is 9.97. The van der Waals surface area contributed by atoms with E-state index < -0.39 is 29.7 Å². The van der Waals surface area contributed by atoms with Crippen LogP contribution in [0.25, 0.3) is 6.08 Å². The molecule has 1 rings (SSSR count). The van der Waals surface area contributed by atoms with Crippen molar-refractivity contribution in [2.24, 2.45) is 5.92 Å². The van der Waals surface area contributed by atoms with Crippen molar-refractivity contribution in [1.82, 2.24) is 15.5 Å². The van der Waals surface area contributed by atoms with Gasteiger partial charge in [-0.05, 0) is 57.2 Å². The summed E-state index contributed by atoms with van der Waals surface area (Å²) in [4.78, 5) is 41.4. The Balaban J connectivity index is 3.47. The first-order valence-corrected chi connectivity index (χ1v) is 12.3. The number of carbonyl (C=O) groups is 3. The first-order valence-electron chi connectivity index (χ1n) is 12.3. The lowest BCUT2D eigenvalue weighted by Crippen LogP contribution is -2.55. The minimum absolute atomic E-state index is 0.0564. The molecule has 0 fully saturated rings. The molecule has 0 aliphatic heterocycles. The van der Waals surface area contributed by atoms with Crippen molar-refractivity contribution in [3.8, 4) is 0 Å². The molecule has 7 heteroatoms. The van der Waals surface area contributed by atoms with Crippen molar-refractivity contribution >= 4 is 24.0 Å². The van der Waals surface area contributed by atoms with Crippen LogP contribution in [0.4, 0.5) is 4.79 Å². The number of hydrogen-bond acceptors (Lipinski definition) is 4. The molecule has 0 aliphatic rings. The standard InChI is InChI=1S/C28H43N3O4/c1-10-14-20(6)29-25(32)24(22-16-13-15-21(12-3)18-22)31(17-11-2)26(33)23(19(4)5)30-27(34)35-28(7,8)9/h11-13,15-16,18-20,23-24H,2-3,10,14,17H2,1,4-9H3,(H,29,32)(H,30,34). The largest absolute Gasteiger partial charge is 0.444 e. The van der Waals surface area contributed by atoms with E-state index in [9.17, 15) is 14.4 Å². The van der Waals surface area contributed by atoms with Crippen LogP contribution in [0.2, 0.25) is 0 Å². The zero-order valence-electron chi connectivity index (χ0n) is 22.4. The minimum atomic E-state index is -0.915. The van der Waals surface area contributed by atoms with Crippen LogP contribution in [0.5, 0.6) is 0 Å². The Hall–Kier alpha value is -3.09. The molecule has 0 saturated carbocycles. The van der Waals surface area contributed by atoms with Gasteiger partial charge in [0.2, 0.25) is 11.8 Å². The number of benzene rings is 1. The van der Waals surface area contributed by atoms with Gasteiger partial charge in [0.1, 0.15) is 17.7 Å². The van der Waals surface area contributed by atoms with E-state index in [0.29, 0.717) is 5.56 Å². The molecule has 0 aromatic heterocycles. The molecule has 0 aliphatic carbocycles. The van der Waals surface area contributed by atoms with Crippen molar-refractivity contribution in [3.63, 3.8) is 0 Å². The maximum atomic E-state index is 13.9. The molecule has 3 atom stereocenters. The van der Waals surface area contributed by atoms with Gasteiger partial charge in [0, 0.05) is 12.6 Å². The fourth-order valence-electron chi connectivity index (χ4n) is 3.74. The smallest absolute Gasteiger partial charge is 0.408 e. The maximum Gasteiger partial charge on any atom is 0.408 e. The average Bonchev–Trinajstić information content (AvgIpc) is 2.75. The van der Waals surface area contributed by atoms with Crippen LogP contribution in [0.1, 0.15) is 78.5 Å². The SMILES string of the molecule is C=CCN(C(=O)C(NC(=O)OC(C)(C)C)C(C)C)C(C(=O)NC(C)CCC)c1cccc(C=C)c1. The van der Waals surface area contributed by atoms with E-state index in [1.165, 1.54) is 4.90 Å². The Morgan fingerprint density at radius 3 is 2.29 bits per heavy atom. The Morgan fingerprint density at radius 1 is 1.11 bits per heavy atom. The third kappa shape index (κ3) is 9.59. The number of hydrogen-bond donors (Lipinski definition) is 2. The first-order chi connectivity index (χ1) is 16.3. The van der Waals surface area contributed by atoms with Gasteiger partial charge in [0.15, 0.2) is 0 Å². The van der Waals surface area contributed by atoms with Gasteiger partial charge in [0.05, 0.1) is 0 Å². The summed E-state index contributed by atoms with van der Waals surface area (Å²) in [5.41, 5.74) is 0.775. The van der Waals surface area contributed by atoms with E-state index >= 15 is 0 Å². The molecule has 35 heavy (non-hydrogen) atoms. The number of amides is 3. The lowest BCUT2D eigenvalue weighted by molar-refractivity contribution is -0.142. The fraction of sp³-hybridized carbons (Fsp3) is 0.536. The molecule has 3 amide bonds. The minimum Gasteiger partial charge on any atom is -0.444 e. The van der Waals surface area contributed by atoms with Crippen molar-refractivity contribution in [2.75, 3.05) is 6.54 Å². The highest BCUT2D eigenvalue weighted by molar-refractivity contribution is 5.92. The summed E-state index contributed by atoms with van der Waals surface area (Å²) in [6.45, 7) is 20.7. The molecule has 0 heterocycles. The number of alkyl carbamates (subject to hydrolysis) is 1. The molecule has 0 bridgehead atoms. The van der Waals surface area contributed by atoms with Crippen LogP contribution in [0, 0.1) is 5.92 Å². The van der Waals surface area contributed by atoms with E-state index in [0.717, 1.165) is 18.4 Å². The van der Waals surface area contributed by atoms with E-state index in [2.05, 4.69) is 30.7 Å². The van der Waals surface area contributed by atoms with Crippen LogP contribution in [-0.2, 0) is 14.3 Å². The Labute approximate surface area is 211 Å². The molecule has 3 unspecified atom stereocenters. The van der Waals surface area contributed by atoms with E-state index in [-0.39, 0.29) is 24.4 Å². The number of ether oxygens (including phenoxy) is 1. The van der Waals surface area contributed by atoms with Crippen molar-refractivity contribution in [1.29, 1.82) is 0 Å². The highest BCUT2D eigenvalue weighted by Crippen LogP contribution is 2.25. The van der Waals surface area contributed by atoms with Crippen molar-refractivity contribution in [2.45, 2.75) is 85.0 Å². The molecular formula is C28H43N3O4. The molecule has 1 aromatic rings. The summed E-state index contributed by atoms with van der Waals surface area (Å²) in [7, 11) is 0. The van der Waals surface area contributed by atoms with Crippen molar-refractivity contribution < 1.29 is 19.1 Å². The fourth-order valence-corrected chi connectivity index (χ4v) is 3.74. The van der Waals surface area contributed by atoms with Crippen LogP contribution in [-0.4, -0.2) is 47.0 Å². The van der Waals surface area contributed by atoms with Gasteiger partial charge in [-0.1, -0.05) is 64.1 Å². The second-order valence-corrected chi connectivity index (χ2v) is 10.1. The lowest BCUT2D eigenvalue weighted by Gasteiger charge is -2.35. The van der Waals surface area contributed by atoms with Crippen LogP contribution < -0.4 is 10.6 Å². The average molecular weight is 486 g/mol. The molecule has 0 radical (unpaired) electrons. The second kappa shape index (κ2) is 13.7. The third-order valence-corrected chi connectivity index (χ3v) is 5.35. The van der Waals surface area contributed by atoms with E-state index in [4.69, 9.17) is 4.74 Å². The summed E-state index contributed by atoms with van der Waals surface area (Å²) >= 11 is 0. The van der Waals surface area contributed by atoms with Crippen LogP contribution in [0.15, 0.2) is 43.5 Å². The molecule has 1 aromatic carbocycles. The zero-order chi connectivity index (χ0) is 26.8. The Bertz CT molecular complexity index is 888. The number of carbonyl (C=O) groups excluding carboxylic acids is 3. The topological polar surface area (TPSA) is 87.7 Å². The number of nitrogens with one attached hydrogen (secondary N) is 2. The molecule has 0 spiro atoms. The van der Waals surface area contributed by atoms with Crippen molar-refractivity contribution in [3.05, 3.63) is 54.6 Å². The summed E-state index contributed by atoms with van der Waals surface area (Å²) < 4.78 is 5.38. The predicted molar refractivity (Wildman–Crippen MR) is 142 cm³/mol. The Kier molecular flexibility index (Phi) is 11.7. The quantitative estimate of drug-likeness (QED) is 0.396. The highest BCUT2D eigenvalue weighted by atomic mass is 16.6. The van der Waals surface area contributed by atoms with Gasteiger partial charge in [-0.3, -0.25) is 9.59 Å². The van der Waals surface area contributed by atoms with Gasteiger partial charge >= 0.3 is 6.09 Å². The normalized spacial score (nSPS) is 13.8. The molecule has 7 nitrogen and oxygen atoms in total. The summed E-state index contributed by atoms with van der Waals surface area (Å²) in [5.74, 6) is -0.926. The van der Waals surface area contributed by atoms with E-state index in [1.807, 2.05) is 45.0 Å². The Morgan fingerprint density at radius 2 is 1.77 bits per heavy atom.